The van der Waals surface area contributed by atoms with Crippen LogP contribution >= 0.6 is 0 Å². The Labute approximate surface area is 200 Å². The van der Waals surface area contributed by atoms with Gasteiger partial charge in [0.15, 0.2) is 0 Å². The molecule has 0 saturated carbocycles. The minimum Gasteiger partial charge on any atom is -0.481 e. The maximum atomic E-state index is 14.2. The number of amides is 2. The van der Waals surface area contributed by atoms with Gasteiger partial charge in [-0.1, -0.05) is 50.3 Å². The van der Waals surface area contributed by atoms with E-state index in [1.165, 1.54) is 4.90 Å². The molecule has 3 saturated heterocycles. The molecule has 6 atom stereocenters. The van der Waals surface area contributed by atoms with Crippen molar-refractivity contribution in [3.63, 3.8) is 0 Å². The number of carboxylic acid groups (broad SMARTS) is 1. The second-order valence-electron chi connectivity index (χ2n) is 10.1. The third-order valence-electron chi connectivity index (χ3n) is 7.48. The molecule has 184 valence electrons. The average Bonchev–Trinajstić information content (AvgIpc) is 3.44. The molecule has 2 N–H and O–H groups in total. The lowest BCUT2D eigenvalue weighted by atomic mass is 9.70. The molecule has 2 amide bonds. The maximum Gasteiger partial charge on any atom is 0.310 e. The Morgan fingerprint density at radius 3 is 2.62 bits per heavy atom. The molecule has 3 fully saturated rings. The molecular weight excluding hydrogens is 436 g/mol. The van der Waals surface area contributed by atoms with Crippen molar-refractivity contribution in [2.75, 3.05) is 13.2 Å². The molecule has 34 heavy (non-hydrogen) atoms. The lowest BCUT2D eigenvalue weighted by Gasteiger charge is -2.39. The van der Waals surface area contributed by atoms with E-state index in [2.05, 4.69) is 6.58 Å². The summed E-state index contributed by atoms with van der Waals surface area (Å²) in [6, 6.07) is 7.97. The van der Waals surface area contributed by atoms with Crippen LogP contribution in [0.3, 0.4) is 0 Å². The van der Waals surface area contributed by atoms with E-state index < -0.39 is 47.5 Å². The summed E-state index contributed by atoms with van der Waals surface area (Å²) in [5, 5.41) is 20.2. The van der Waals surface area contributed by atoms with Gasteiger partial charge in [-0.3, -0.25) is 14.4 Å². The molecule has 8 heteroatoms. The summed E-state index contributed by atoms with van der Waals surface area (Å²) in [5.41, 5.74) is -0.258. The van der Waals surface area contributed by atoms with Gasteiger partial charge in [-0.2, -0.15) is 0 Å². The SMILES string of the molecule is C=CCN(Cc1ccccc1)C(=O)[C@@H]1N([C@@H](CO)CC(C)C)C(=O)[C@H]2[C@H](C(=O)O)[C@@H]3CC[C@]12O3. The van der Waals surface area contributed by atoms with Gasteiger partial charge in [0.2, 0.25) is 11.8 Å². The van der Waals surface area contributed by atoms with E-state index in [1.807, 2.05) is 44.2 Å². The van der Waals surface area contributed by atoms with Gasteiger partial charge in [-0.05, 0) is 30.7 Å². The Kier molecular flexibility index (Phi) is 6.82. The topological polar surface area (TPSA) is 107 Å². The van der Waals surface area contributed by atoms with Crippen LogP contribution in [-0.4, -0.2) is 74.7 Å². The van der Waals surface area contributed by atoms with E-state index in [1.54, 1.807) is 11.0 Å². The molecule has 0 radical (unpaired) electrons. The molecule has 0 aliphatic carbocycles. The fourth-order valence-electron chi connectivity index (χ4n) is 6.23. The van der Waals surface area contributed by atoms with Gasteiger partial charge in [0, 0.05) is 13.1 Å². The highest BCUT2D eigenvalue weighted by Crippen LogP contribution is 2.59. The number of hydrogen-bond acceptors (Lipinski definition) is 5. The Morgan fingerprint density at radius 1 is 1.32 bits per heavy atom. The van der Waals surface area contributed by atoms with Gasteiger partial charge in [0.1, 0.15) is 11.6 Å². The molecule has 1 aromatic carbocycles. The number of aliphatic carboxylic acids is 1. The van der Waals surface area contributed by atoms with E-state index in [4.69, 9.17) is 4.74 Å². The molecule has 4 rings (SSSR count). The van der Waals surface area contributed by atoms with Crippen molar-refractivity contribution >= 4 is 17.8 Å². The smallest absolute Gasteiger partial charge is 0.310 e. The highest BCUT2D eigenvalue weighted by atomic mass is 16.5. The Balaban J connectivity index is 1.77. The van der Waals surface area contributed by atoms with Crippen LogP contribution in [0.25, 0.3) is 0 Å². The first-order valence-electron chi connectivity index (χ1n) is 12.0. The average molecular weight is 471 g/mol. The summed E-state index contributed by atoms with van der Waals surface area (Å²) in [4.78, 5) is 43.2. The van der Waals surface area contributed by atoms with E-state index in [-0.39, 0.29) is 25.0 Å². The van der Waals surface area contributed by atoms with E-state index in [9.17, 15) is 24.6 Å². The lowest BCUT2D eigenvalue weighted by Crippen LogP contribution is -2.58. The van der Waals surface area contributed by atoms with Crippen molar-refractivity contribution in [1.82, 2.24) is 9.80 Å². The molecule has 1 aromatic rings. The molecule has 3 aliphatic rings. The first-order chi connectivity index (χ1) is 16.2. The predicted molar refractivity (Wildman–Crippen MR) is 124 cm³/mol. The van der Waals surface area contributed by atoms with Crippen LogP contribution in [0.5, 0.6) is 0 Å². The number of aliphatic hydroxyl groups is 1. The number of carboxylic acids is 1. The molecule has 3 heterocycles. The standard InChI is InChI=1S/C26H34N2O6/c1-4-12-27(14-17-8-6-5-7-9-17)24(31)22-26-11-10-19(34-26)20(25(32)33)21(26)23(30)28(22)18(15-29)13-16(2)3/h4-9,16,18-22,29H,1,10-15H2,2-3H3,(H,32,33)/t18-,19+,20-,21-,22+,26-/m1/s1. The fourth-order valence-corrected chi connectivity index (χ4v) is 6.23. The number of fused-ring (bicyclic) bond motifs is 1. The van der Waals surface area contributed by atoms with Gasteiger partial charge < -0.3 is 24.7 Å². The van der Waals surface area contributed by atoms with Crippen molar-refractivity contribution in [3.05, 3.63) is 48.6 Å². The van der Waals surface area contributed by atoms with Gasteiger partial charge >= 0.3 is 5.97 Å². The summed E-state index contributed by atoms with van der Waals surface area (Å²) in [6.45, 7) is 8.06. The van der Waals surface area contributed by atoms with Crippen molar-refractivity contribution in [2.24, 2.45) is 17.8 Å². The minimum atomic E-state index is -1.19. The number of ether oxygens (including phenoxy) is 1. The Morgan fingerprint density at radius 2 is 2.03 bits per heavy atom. The van der Waals surface area contributed by atoms with Crippen LogP contribution in [-0.2, 0) is 25.7 Å². The zero-order chi connectivity index (χ0) is 24.6. The zero-order valence-electron chi connectivity index (χ0n) is 19.8. The van der Waals surface area contributed by atoms with Crippen molar-refractivity contribution in [3.8, 4) is 0 Å². The highest BCUT2D eigenvalue weighted by Gasteiger charge is 2.75. The normalized spacial score (nSPS) is 30.5. The van der Waals surface area contributed by atoms with Crippen LogP contribution < -0.4 is 0 Å². The maximum absolute atomic E-state index is 14.2. The number of benzene rings is 1. The minimum absolute atomic E-state index is 0.166. The summed E-state index contributed by atoms with van der Waals surface area (Å²) >= 11 is 0. The Bertz CT molecular complexity index is 950. The number of nitrogens with zero attached hydrogens (tertiary/aromatic N) is 2. The monoisotopic (exact) mass is 470 g/mol. The highest BCUT2D eigenvalue weighted by molar-refractivity contribution is 5.98. The largest absolute Gasteiger partial charge is 0.481 e. The number of carbonyl (C=O) groups excluding carboxylic acids is 2. The van der Waals surface area contributed by atoms with Crippen LogP contribution in [0, 0.1) is 17.8 Å². The molecular formula is C26H34N2O6. The van der Waals surface area contributed by atoms with Gasteiger partial charge in [-0.25, -0.2) is 0 Å². The number of aliphatic hydroxyl groups excluding tert-OH is 1. The second kappa shape index (κ2) is 9.50. The molecule has 0 unspecified atom stereocenters. The summed E-state index contributed by atoms with van der Waals surface area (Å²) in [6.07, 6.45) is 2.49. The van der Waals surface area contributed by atoms with E-state index >= 15 is 0 Å². The lowest BCUT2D eigenvalue weighted by molar-refractivity contribution is -0.153. The van der Waals surface area contributed by atoms with Crippen LogP contribution in [0.4, 0.5) is 0 Å². The van der Waals surface area contributed by atoms with Gasteiger partial charge in [0.25, 0.3) is 0 Å². The number of carbonyl (C=O) groups is 3. The summed E-state index contributed by atoms with van der Waals surface area (Å²) in [7, 11) is 0. The number of rotatable bonds is 10. The van der Waals surface area contributed by atoms with Gasteiger partial charge in [0.05, 0.1) is 30.6 Å². The number of likely N-dealkylation sites (tertiary alicyclic amines) is 1. The third-order valence-corrected chi connectivity index (χ3v) is 7.48. The summed E-state index contributed by atoms with van der Waals surface area (Å²) in [5.74, 6) is -3.52. The zero-order valence-corrected chi connectivity index (χ0v) is 19.8. The fraction of sp³-hybridized carbons (Fsp3) is 0.577. The first kappa shape index (κ1) is 24.4. The second-order valence-corrected chi connectivity index (χ2v) is 10.1. The van der Waals surface area contributed by atoms with Crippen molar-refractivity contribution in [1.29, 1.82) is 0 Å². The molecule has 8 nitrogen and oxygen atoms in total. The van der Waals surface area contributed by atoms with Crippen LogP contribution in [0.2, 0.25) is 0 Å². The molecule has 2 bridgehead atoms. The summed E-state index contributed by atoms with van der Waals surface area (Å²) < 4.78 is 6.27. The van der Waals surface area contributed by atoms with Gasteiger partial charge in [-0.15, -0.1) is 6.58 Å². The molecule has 1 spiro atoms. The van der Waals surface area contributed by atoms with Crippen molar-refractivity contribution in [2.45, 2.75) is 63.4 Å². The number of hydrogen-bond donors (Lipinski definition) is 2. The first-order valence-corrected chi connectivity index (χ1v) is 12.0. The third kappa shape index (κ3) is 3.92. The quantitative estimate of drug-likeness (QED) is 0.507. The predicted octanol–water partition coefficient (Wildman–Crippen LogP) is 2.07. The van der Waals surface area contributed by atoms with E-state index in [0.717, 1.165) is 5.56 Å². The van der Waals surface area contributed by atoms with Crippen LogP contribution in [0.1, 0.15) is 38.7 Å². The van der Waals surface area contributed by atoms with Crippen LogP contribution in [0.15, 0.2) is 43.0 Å². The van der Waals surface area contributed by atoms with Crippen molar-refractivity contribution < 1.29 is 29.3 Å². The molecule has 3 aliphatic heterocycles. The van der Waals surface area contributed by atoms with E-state index in [0.29, 0.717) is 25.8 Å². The molecule has 0 aromatic heterocycles. The Hall–Kier alpha value is -2.71.